The fraction of sp³-hybridized carbons (Fsp3) is 0.500. The van der Waals surface area contributed by atoms with Crippen molar-refractivity contribution in [2.45, 2.75) is 19.9 Å². The molecule has 0 bridgehead atoms. The zero-order chi connectivity index (χ0) is 13.0. The molecule has 0 saturated carbocycles. The number of ether oxygens (including phenoxy) is 1. The summed E-state index contributed by atoms with van der Waals surface area (Å²) in [4.78, 5) is 13.5. The normalized spacial score (nSPS) is 19.3. The maximum absolute atomic E-state index is 11.7. The maximum Gasteiger partial charge on any atom is 0.223 e. The van der Waals surface area contributed by atoms with Crippen molar-refractivity contribution in [2.24, 2.45) is 5.92 Å². The molecule has 4 heteroatoms. The van der Waals surface area contributed by atoms with E-state index in [0.717, 1.165) is 11.3 Å². The van der Waals surface area contributed by atoms with Gasteiger partial charge in [-0.3, -0.25) is 4.79 Å². The van der Waals surface area contributed by atoms with E-state index >= 15 is 0 Å². The van der Waals surface area contributed by atoms with Crippen LogP contribution in [0, 0.1) is 5.92 Å². The molecule has 98 valence electrons. The van der Waals surface area contributed by atoms with Crippen LogP contribution < -0.4 is 4.74 Å². The third-order valence-electron chi connectivity index (χ3n) is 3.14. The zero-order valence-electron chi connectivity index (χ0n) is 10.6. The van der Waals surface area contributed by atoms with Gasteiger partial charge < -0.3 is 14.7 Å². The Hall–Kier alpha value is -1.55. The van der Waals surface area contributed by atoms with Gasteiger partial charge in [-0.05, 0) is 24.6 Å². The average molecular weight is 249 g/mol. The number of aliphatic hydroxyl groups excluding tert-OH is 1. The van der Waals surface area contributed by atoms with Gasteiger partial charge >= 0.3 is 0 Å². The van der Waals surface area contributed by atoms with Crippen LogP contribution in [0.4, 0.5) is 0 Å². The fourth-order valence-corrected chi connectivity index (χ4v) is 2.25. The van der Waals surface area contributed by atoms with Crippen LogP contribution in [0.25, 0.3) is 0 Å². The van der Waals surface area contributed by atoms with Gasteiger partial charge in [0.1, 0.15) is 5.75 Å². The van der Waals surface area contributed by atoms with Gasteiger partial charge in [0, 0.05) is 32.0 Å². The molecule has 1 aromatic rings. The van der Waals surface area contributed by atoms with Gasteiger partial charge in [0.2, 0.25) is 5.91 Å². The lowest BCUT2D eigenvalue weighted by Gasteiger charge is -2.16. The molecule has 1 atom stereocenters. The van der Waals surface area contributed by atoms with Crippen LogP contribution in [0.3, 0.4) is 0 Å². The SMILES string of the molecule is CCOc1cccc(CN2CC(CO)CC2=O)c1. The molecule has 1 aliphatic rings. The Kier molecular flexibility index (Phi) is 4.20. The Morgan fingerprint density at radius 1 is 1.50 bits per heavy atom. The molecule has 0 radical (unpaired) electrons. The Labute approximate surface area is 107 Å². The predicted octanol–water partition coefficient (Wildman–Crippen LogP) is 1.43. The molecule has 0 spiro atoms. The van der Waals surface area contributed by atoms with E-state index < -0.39 is 0 Å². The van der Waals surface area contributed by atoms with Gasteiger partial charge in [0.05, 0.1) is 6.61 Å². The molecule has 0 aromatic heterocycles. The summed E-state index contributed by atoms with van der Waals surface area (Å²) in [5, 5.41) is 9.08. The molecular formula is C14H19NO3. The van der Waals surface area contributed by atoms with Crippen LogP contribution >= 0.6 is 0 Å². The highest BCUT2D eigenvalue weighted by molar-refractivity contribution is 5.78. The highest BCUT2D eigenvalue weighted by Crippen LogP contribution is 2.21. The Balaban J connectivity index is 2.01. The number of hydrogen-bond acceptors (Lipinski definition) is 3. The molecule has 1 fully saturated rings. The molecule has 1 aromatic carbocycles. The summed E-state index contributed by atoms with van der Waals surface area (Å²) in [5.41, 5.74) is 1.06. The zero-order valence-corrected chi connectivity index (χ0v) is 10.6. The van der Waals surface area contributed by atoms with E-state index in [-0.39, 0.29) is 18.4 Å². The summed E-state index contributed by atoms with van der Waals surface area (Å²) in [5.74, 6) is 1.05. The van der Waals surface area contributed by atoms with Gasteiger partial charge in [-0.15, -0.1) is 0 Å². The highest BCUT2D eigenvalue weighted by atomic mass is 16.5. The van der Waals surface area contributed by atoms with E-state index in [4.69, 9.17) is 9.84 Å². The summed E-state index contributed by atoms with van der Waals surface area (Å²) in [6, 6.07) is 7.80. The van der Waals surface area contributed by atoms with Crippen LogP contribution in [-0.2, 0) is 11.3 Å². The summed E-state index contributed by atoms with van der Waals surface area (Å²) in [6.45, 7) is 3.91. The second-order valence-electron chi connectivity index (χ2n) is 4.61. The largest absolute Gasteiger partial charge is 0.494 e. The van der Waals surface area contributed by atoms with Crippen LogP contribution in [-0.4, -0.2) is 35.7 Å². The molecule has 1 saturated heterocycles. The van der Waals surface area contributed by atoms with E-state index in [1.54, 1.807) is 4.90 Å². The van der Waals surface area contributed by atoms with Crippen molar-refractivity contribution in [3.05, 3.63) is 29.8 Å². The first-order chi connectivity index (χ1) is 8.72. The van der Waals surface area contributed by atoms with Crippen molar-refractivity contribution in [2.75, 3.05) is 19.8 Å². The van der Waals surface area contributed by atoms with Crippen LogP contribution in [0.5, 0.6) is 5.75 Å². The Morgan fingerprint density at radius 3 is 3.00 bits per heavy atom. The van der Waals surface area contributed by atoms with Crippen molar-refractivity contribution < 1.29 is 14.6 Å². The number of aliphatic hydroxyl groups is 1. The van der Waals surface area contributed by atoms with E-state index in [9.17, 15) is 4.79 Å². The third kappa shape index (κ3) is 3.01. The molecule has 2 rings (SSSR count). The Bertz CT molecular complexity index is 419. The van der Waals surface area contributed by atoms with E-state index in [1.165, 1.54) is 0 Å². The molecule has 4 nitrogen and oxygen atoms in total. The number of hydrogen-bond donors (Lipinski definition) is 1. The van der Waals surface area contributed by atoms with E-state index in [1.807, 2.05) is 31.2 Å². The minimum Gasteiger partial charge on any atom is -0.494 e. The summed E-state index contributed by atoms with van der Waals surface area (Å²) in [6.07, 6.45) is 0.460. The number of likely N-dealkylation sites (tertiary alicyclic amines) is 1. The van der Waals surface area contributed by atoms with E-state index in [2.05, 4.69) is 0 Å². The Morgan fingerprint density at radius 2 is 2.33 bits per heavy atom. The number of rotatable bonds is 5. The lowest BCUT2D eigenvalue weighted by atomic mass is 10.1. The molecule has 1 N–H and O–H groups in total. The van der Waals surface area contributed by atoms with Crippen molar-refractivity contribution in [3.8, 4) is 5.75 Å². The second kappa shape index (κ2) is 5.87. The first kappa shape index (κ1) is 12.9. The molecular weight excluding hydrogens is 230 g/mol. The lowest BCUT2D eigenvalue weighted by Crippen LogP contribution is -2.24. The smallest absolute Gasteiger partial charge is 0.223 e. The van der Waals surface area contributed by atoms with Crippen molar-refractivity contribution in [1.82, 2.24) is 4.90 Å². The molecule has 0 aliphatic carbocycles. The molecule has 1 unspecified atom stereocenters. The van der Waals surface area contributed by atoms with Gasteiger partial charge in [0.15, 0.2) is 0 Å². The first-order valence-corrected chi connectivity index (χ1v) is 6.33. The monoisotopic (exact) mass is 249 g/mol. The molecule has 1 aliphatic heterocycles. The van der Waals surface area contributed by atoms with E-state index in [0.29, 0.717) is 26.1 Å². The quantitative estimate of drug-likeness (QED) is 0.858. The first-order valence-electron chi connectivity index (χ1n) is 6.33. The molecule has 18 heavy (non-hydrogen) atoms. The number of carbonyl (C=O) groups excluding carboxylic acids is 1. The highest BCUT2D eigenvalue weighted by Gasteiger charge is 2.28. The summed E-state index contributed by atoms with van der Waals surface area (Å²) in [7, 11) is 0. The third-order valence-corrected chi connectivity index (χ3v) is 3.14. The summed E-state index contributed by atoms with van der Waals surface area (Å²) < 4.78 is 5.44. The average Bonchev–Trinajstić information content (AvgIpc) is 2.71. The predicted molar refractivity (Wildman–Crippen MR) is 68.2 cm³/mol. The number of carbonyl (C=O) groups is 1. The van der Waals surface area contributed by atoms with Gasteiger partial charge in [-0.2, -0.15) is 0 Å². The van der Waals surface area contributed by atoms with Crippen molar-refractivity contribution >= 4 is 5.91 Å². The topological polar surface area (TPSA) is 49.8 Å². The van der Waals surface area contributed by atoms with Gasteiger partial charge in [-0.25, -0.2) is 0 Å². The minimum atomic E-state index is 0.0845. The maximum atomic E-state index is 11.7. The summed E-state index contributed by atoms with van der Waals surface area (Å²) >= 11 is 0. The fourth-order valence-electron chi connectivity index (χ4n) is 2.25. The van der Waals surface area contributed by atoms with Crippen molar-refractivity contribution in [1.29, 1.82) is 0 Å². The number of benzene rings is 1. The lowest BCUT2D eigenvalue weighted by molar-refractivity contribution is -0.128. The minimum absolute atomic E-state index is 0.0845. The van der Waals surface area contributed by atoms with Crippen LogP contribution in [0.15, 0.2) is 24.3 Å². The molecule has 1 heterocycles. The van der Waals surface area contributed by atoms with Crippen LogP contribution in [0.1, 0.15) is 18.9 Å². The van der Waals surface area contributed by atoms with Gasteiger partial charge in [0.25, 0.3) is 0 Å². The van der Waals surface area contributed by atoms with Crippen molar-refractivity contribution in [3.63, 3.8) is 0 Å². The standard InChI is InChI=1S/C14H19NO3/c1-2-18-13-5-3-4-11(6-13)8-15-9-12(10-16)7-14(15)17/h3-6,12,16H,2,7-10H2,1H3. The molecule has 1 amide bonds. The van der Waals surface area contributed by atoms with Crippen LogP contribution in [0.2, 0.25) is 0 Å². The second-order valence-corrected chi connectivity index (χ2v) is 4.61. The van der Waals surface area contributed by atoms with Gasteiger partial charge in [-0.1, -0.05) is 12.1 Å². The number of amides is 1. The number of nitrogens with zero attached hydrogens (tertiary/aromatic N) is 1.